The number of halogens is 3. The minimum atomic E-state index is -4.79. The Kier molecular flexibility index (Phi) is 8.03. The Morgan fingerprint density at radius 2 is 1.61 bits per heavy atom. The highest BCUT2D eigenvalue weighted by Gasteiger charge is 2.31. The van der Waals surface area contributed by atoms with Crippen LogP contribution in [0.5, 0.6) is 5.75 Å². The molecular formula is C23H22F3N5O4S. The van der Waals surface area contributed by atoms with Gasteiger partial charge in [-0.1, -0.05) is 12.1 Å². The summed E-state index contributed by atoms with van der Waals surface area (Å²) in [5.74, 6) is -0.487. The van der Waals surface area contributed by atoms with Crippen LogP contribution < -0.4 is 20.7 Å². The Morgan fingerprint density at radius 3 is 2.28 bits per heavy atom. The average Bonchev–Trinajstić information content (AvgIpc) is 3.29. The zero-order valence-corrected chi connectivity index (χ0v) is 19.6. The molecule has 2 heterocycles. The van der Waals surface area contributed by atoms with Crippen molar-refractivity contribution in [2.45, 2.75) is 6.36 Å². The van der Waals surface area contributed by atoms with E-state index in [4.69, 9.17) is 4.74 Å². The lowest BCUT2D eigenvalue weighted by atomic mass is 10.1. The van der Waals surface area contributed by atoms with Gasteiger partial charge in [0.15, 0.2) is 5.13 Å². The molecule has 1 fully saturated rings. The number of alkyl halides is 3. The van der Waals surface area contributed by atoms with Crippen LogP contribution in [0.1, 0.15) is 0 Å². The largest absolute Gasteiger partial charge is 0.573 e. The molecular weight excluding hydrogens is 499 g/mol. The number of rotatable bonds is 7. The SMILES string of the molecule is O=C(CN1CCOCC1)Nc1ccc(-c2csc(NC(=O)Nc3ccc(OC(F)(F)F)cc3)n2)cc1. The molecule has 190 valence electrons. The van der Waals surface area contributed by atoms with Crippen LogP contribution in [0.2, 0.25) is 0 Å². The standard InChI is InChI=1S/C23H22F3N5O4S/c24-23(25,26)35-18-7-5-17(6-8-18)28-21(33)30-22-29-19(14-36-22)15-1-3-16(4-2-15)27-20(32)13-31-9-11-34-12-10-31/h1-8,14H,9-13H2,(H,27,32)(H2,28,29,30,33). The van der Waals surface area contributed by atoms with Gasteiger partial charge in [-0.3, -0.25) is 15.0 Å². The molecule has 0 atom stereocenters. The summed E-state index contributed by atoms with van der Waals surface area (Å²) in [5.41, 5.74) is 2.38. The van der Waals surface area contributed by atoms with Gasteiger partial charge in [0.25, 0.3) is 0 Å². The molecule has 3 N–H and O–H groups in total. The quantitative estimate of drug-likeness (QED) is 0.419. The Labute approximate surface area is 208 Å². The second kappa shape index (κ2) is 11.4. The van der Waals surface area contributed by atoms with Crippen molar-refractivity contribution in [3.63, 3.8) is 0 Å². The second-order valence-corrected chi connectivity index (χ2v) is 8.56. The first-order valence-corrected chi connectivity index (χ1v) is 11.7. The molecule has 36 heavy (non-hydrogen) atoms. The third-order valence-corrected chi connectivity index (χ3v) is 5.76. The Hall–Kier alpha value is -3.68. The number of hydrogen-bond acceptors (Lipinski definition) is 7. The smallest absolute Gasteiger partial charge is 0.406 e. The summed E-state index contributed by atoms with van der Waals surface area (Å²) in [5, 5.41) is 10.1. The van der Waals surface area contributed by atoms with Crippen LogP contribution in [0.15, 0.2) is 53.9 Å². The van der Waals surface area contributed by atoms with Gasteiger partial charge in [0.2, 0.25) is 5.91 Å². The topological polar surface area (TPSA) is 105 Å². The number of amides is 3. The third kappa shape index (κ3) is 7.66. The van der Waals surface area contributed by atoms with Gasteiger partial charge in [-0.25, -0.2) is 9.78 Å². The van der Waals surface area contributed by atoms with Crippen LogP contribution in [-0.2, 0) is 9.53 Å². The molecule has 0 saturated carbocycles. The lowest BCUT2D eigenvalue weighted by Crippen LogP contribution is -2.41. The van der Waals surface area contributed by atoms with Gasteiger partial charge >= 0.3 is 12.4 Å². The first kappa shape index (κ1) is 25.4. The van der Waals surface area contributed by atoms with Crippen molar-refractivity contribution < 1.29 is 32.2 Å². The summed E-state index contributed by atoms with van der Waals surface area (Å²) in [6, 6.07) is 11.3. The number of benzene rings is 2. The number of anilines is 3. The molecule has 4 rings (SSSR count). The van der Waals surface area contributed by atoms with E-state index in [2.05, 4.69) is 25.7 Å². The van der Waals surface area contributed by atoms with Gasteiger partial charge in [0.1, 0.15) is 5.75 Å². The Bertz CT molecular complexity index is 1180. The fraction of sp³-hybridized carbons (Fsp3) is 0.261. The predicted octanol–water partition coefficient (Wildman–Crippen LogP) is 4.62. The molecule has 9 nitrogen and oxygen atoms in total. The first-order chi connectivity index (χ1) is 17.2. The van der Waals surface area contributed by atoms with E-state index in [1.807, 2.05) is 17.0 Å². The van der Waals surface area contributed by atoms with Crippen molar-refractivity contribution in [1.29, 1.82) is 0 Å². The van der Waals surface area contributed by atoms with Gasteiger partial charge in [-0.05, 0) is 36.4 Å². The van der Waals surface area contributed by atoms with E-state index in [-0.39, 0.29) is 17.3 Å². The number of nitrogens with one attached hydrogen (secondary N) is 3. The highest BCUT2D eigenvalue weighted by molar-refractivity contribution is 7.14. The molecule has 0 bridgehead atoms. The maximum Gasteiger partial charge on any atom is 0.573 e. The first-order valence-electron chi connectivity index (χ1n) is 10.8. The van der Waals surface area contributed by atoms with Crippen LogP contribution in [0, 0.1) is 0 Å². The number of ether oxygens (including phenoxy) is 2. The molecule has 1 aliphatic rings. The Morgan fingerprint density at radius 1 is 0.972 bits per heavy atom. The summed E-state index contributed by atoms with van der Waals surface area (Å²) in [6.45, 7) is 3.02. The van der Waals surface area contributed by atoms with Gasteiger partial charge in [-0.2, -0.15) is 0 Å². The van der Waals surface area contributed by atoms with Gasteiger partial charge < -0.3 is 20.1 Å². The monoisotopic (exact) mass is 521 g/mol. The summed E-state index contributed by atoms with van der Waals surface area (Å²) in [7, 11) is 0. The number of aromatic nitrogens is 1. The number of hydrogen-bond donors (Lipinski definition) is 3. The van der Waals surface area contributed by atoms with Crippen molar-refractivity contribution in [2.24, 2.45) is 0 Å². The van der Waals surface area contributed by atoms with Crippen LogP contribution in [0.25, 0.3) is 11.3 Å². The molecule has 1 saturated heterocycles. The van der Waals surface area contributed by atoms with Crippen LogP contribution in [0.3, 0.4) is 0 Å². The Balaban J connectivity index is 1.27. The lowest BCUT2D eigenvalue weighted by molar-refractivity contribution is -0.274. The molecule has 0 aliphatic carbocycles. The molecule has 0 unspecified atom stereocenters. The summed E-state index contributed by atoms with van der Waals surface area (Å²) in [4.78, 5) is 30.9. The number of thiazole rings is 1. The molecule has 1 aromatic heterocycles. The normalized spacial score (nSPS) is 14.2. The number of morpholine rings is 1. The zero-order valence-electron chi connectivity index (χ0n) is 18.8. The van der Waals surface area contributed by atoms with E-state index in [1.165, 1.54) is 23.5 Å². The highest BCUT2D eigenvalue weighted by atomic mass is 32.1. The van der Waals surface area contributed by atoms with Crippen molar-refractivity contribution in [2.75, 3.05) is 48.8 Å². The molecule has 13 heteroatoms. The predicted molar refractivity (Wildman–Crippen MR) is 129 cm³/mol. The minimum absolute atomic E-state index is 0.0988. The zero-order chi connectivity index (χ0) is 25.5. The van der Waals surface area contributed by atoms with Crippen LogP contribution >= 0.6 is 11.3 Å². The highest BCUT2D eigenvalue weighted by Crippen LogP contribution is 2.27. The van der Waals surface area contributed by atoms with Gasteiger partial charge in [-0.15, -0.1) is 24.5 Å². The number of carbonyl (C=O) groups excluding carboxylic acids is 2. The van der Waals surface area contributed by atoms with E-state index in [0.717, 1.165) is 30.8 Å². The van der Waals surface area contributed by atoms with Crippen molar-refractivity contribution in [1.82, 2.24) is 9.88 Å². The van der Waals surface area contributed by atoms with E-state index in [1.54, 1.807) is 17.5 Å². The van der Waals surface area contributed by atoms with Crippen molar-refractivity contribution in [3.8, 4) is 17.0 Å². The van der Waals surface area contributed by atoms with E-state index in [0.29, 0.717) is 36.3 Å². The van der Waals surface area contributed by atoms with Crippen molar-refractivity contribution >= 4 is 39.8 Å². The number of nitrogens with zero attached hydrogens (tertiary/aromatic N) is 2. The van der Waals surface area contributed by atoms with Crippen LogP contribution in [-0.4, -0.2) is 61.0 Å². The summed E-state index contributed by atoms with van der Waals surface area (Å²) >= 11 is 1.21. The van der Waals surface area contributed by atoms with Crippen LogP contribution in [0.4, 0.5) is 34.5 Å². The number of carbonyl (C=O) groups is 2. The molecule has 3 amide bonds. The van der Waals surface area contributed by atoms with Gasteiger partial charge in [0, 0.05) is 35.4 Å². The summed E-state index contributed by atoms with van der Waals surface area (Å²) in [6.07, 6.45) is -4.79. The molecule has 1 aliphatic heterocycles. The molecule has 0 radical (unpaired) electrons. The molecule has 2 aromatic carbocycles. The second-order valence-electron chi connectivity index (χ2n) is 7.70. The van der Waals surface area contributed by atoms with Crippen molar-refractivity contribution in [3.05, 3.63) is 53.9 Å². The fourth-order valence-corrected chi connectivity index (χ4v) is 4.07. The average molecular weight is 522 g/mol. The molecule has 0 spiro atoms. The van der Waals surface area contributed by atoms with E-state index in [9.17, 15) is 22.8 Å². The lowest BCUT2D eigenvalue weighted by Gasteiger charge is -2.25. The van der Waals surface area contributed by atoms with Gasteiger partial charge in [0.05, 0.1) is 25.5 Å². The minimum Gasteiger partial charge on any atom is -0.406 e. The third-order valence-electron chi connectivity index (χ3n) is 5.01. The van der Waals surface area contributed by atoms with E-state index < -0.39 is 12.4 Å². The fourth-order valence-electron chi connectivity index (χ4n) is 3.35. The molecule has 3 aromatic rings. The van der Waals surface area contributed by atoms with E-state index >= 15 is 0 Å². The maximum atomic E-state index is 12.2. The summed E-state index contributed by atoms with van der Waals surface area (Å²) < 4.78 is 45.8. The number of urea groups is 1. The maximum absolute atomic E-state index is 12.2.